The predicted molar refractivity (Wildman–Crippen MR) is 112 cm³/mol. The molecule has 144 valence electrons. The fourth-order valence-electron chi connectivity index (χ4n) is 2.72. The Bertz CT molecular complexity index is 936. The zero-order valence-corrected chi connectivity index (χ0v) is 16.8. The number of nitrogens with one attached hydrogen (secondary N) is 2. The third kappa shape index (κ3) is 5.27. The Morgan fingerprint density at radius 1 is 1.04 bits per heavy atom. The second kappa shape index (κ2) is 9.28. The van der Waals surface area contributed by atoms with Crippen molar-refractivity contribution in [3.05, 3.63) is 76.8 Å². The van der Waals surface area contributed by atoms with Gasteiger partial charge in [-0.1, -0.05) is 60.2 Å². The Hall–Kier alpha value is -2.99. The molecule has 0 radical (unpaired) electrons. The van der Waals surface area contributed by atoms with Gasteiger partial charge >= 0.3 is 11.8 Å². The zero-order valence-electron chi connectivity index (χ0n) is 15.9. The molecule has 2 N–H and O–H groups in total. The molecule has 5 nitrogen and oxygen atoms in total. The number of nitrogens with zero attached hydrogens (tertiary/aromatic N) is 1. The van der Waals surface area contributed by atoms with Crippen LogP contribution in [0.3, 0.4) is 0 Å². The van der Waals surface area contributed by atoms with Gasteiger partial charge in [0.15, 0.2) is 0 Å². The van der Waals surface area contributed by atoms with Crippen LogP contribution in [0.4, 0.5) is 0 Å². The van der Waals surface area contributed by atoms with Gasteiger partial charge < -0.3 is 10.6 Å². The van der Waals surface area contributed by atoms with Crippen molar-refractivity contribution in [1.29, 1.82) is 0 Å². The monoisotopic (exact) mass is 393 g/mol. The molecule has 1 unspecified atom stereocenters. The lowest BCUT2D eigenvalue weighted by atomic mass is 10.1. The third-order valence-electron chi connectivity index (χ3n) is 4.37. The van der Waals surface area contributed by atoms with E-state index in [1.165, 1.54) is 5.56 Å². The van der Waals surface area contributed by atoms with Crippen molar-refractivity contribution in [3.63, 3.8) is 0 Å². The first kappa shape index (κ1) is 19.8. The van der Waals surface area contributed by atoms with Crippen molar-refractivity contribution in [2.45, 2.75) is 26.3 Å². The minimum Gasteiger partial charge on any atom is -0.347 e. The number of benzene rings is 2. The van der Waals surface area contributed by atoms with E-state index in [9.17, 15) is 9.59 Å². The van der Waals surface area contributed by atoms with Crippen molar-refractivity contribution in [1.82, 2.24) is 15.6 Å². The summed E-state index contributed by atoms with van der Waals surface area (Å²) in [5.74, 6) is -1.26. The van der Waals surface area contributed by atoms with Crippen LogP contribution in [0.1, 0.15) is 29.8 Å². The summed E-state index contributed by atoms with van der Waals surface area (Å²) in [7, 11) is 0. The lowest BCUT2D eigenvalue weighted by Crippen LogP contribution is -2.41. The van der Waals surface area contributed by atoms with Gasteiger partial charge in [0.1, 0.15) is 5.01 Å². The number of thiazole rings is 1. The summed E-state index contributed by atoms with van der Waals surface area (Å²) in [6, 6.07) is 17.5. The van der Waals surface area contributed by atoms with E-state index in [2.05, 4.69) is 46.8 Å². The highest BCUT2D eigenvalue weighted by molar-refractivity contribution is 7.13. The Labute approximate surface area is 168 Å². The summed E-state index contributed by atoms with van der Waals surface area (Å²) in [5, 5.41) is 8.31. The van der Waals surface area contributed by atoms with E-state index in [4.69, 9.17) is 0 Å². The summed E-state index contributed by atoms with van der Waals surface area (Å²) in [6.45, 7) is 4.27. The molecule has 6 heteroatoms. The molecular formula is C22H23N3O2S. The maximum Gasteiger partial charge on any atom is 0.309 e. The first-order valence-electron chi connectivity index (χ1n) is 9.18. The Balaban J connectivity index is 1.46. The number of amides is 2. The lowest BCUT2D eigenvalue weighted by molar-refractivity contribution is -0.139. The molecule has 0 fully saturated rings. The van der Waals surface area contributed by atoms with Crippen LogP contribution in [0.25, 0.3) is 10.6 Å². The number of aryl methyl sites for hydroxylation is 1. The molecular weight excluding hydrogens is 370 g/mol. The van der Waals surface area contributed by atoms with Crippen LogP contribution in [0.15, 0.2) is 60.0 Å². The van der Waals surface area contributed by atoms with Gasteiger partial charge in [0.25, 0.3) is 0 Å². The number of carbonyl (C=O) groups excluding carboxylic acids is 2. The van der Waals surface area contributed by atoms with Crippen LogP contribution < -0.4 is 10.6 Å². The Morgan fingerprint density at radius 3 is 2.46 bits per heavy atom. The summed E-state index contributed by atoms with van der Waals surface area (Å²) < 4.78 is 0. The molecule has 1 heterocycles. The molecule has 0 aliphatic rings. The highest BCUT2D eigenvalue weighted by atomic mass is 32.1. The van der Waals surface area contributed by atoms with Crippen molar-refractivity contribution < 1.29 is 9.59 Å². The second-order valence-electron chi connectivity index (χ2n) is 6.62. The van der Waals surface area contributed by atoms with Gasteiger partial charge in [0.2, 0.25) is 0 Å². The summed E-state index contributed by atoms with van der Waals surface area (Å²) in [6.07, 6.45) is 0.579. The van der Waals surface area contributed by atoms with Gasteiger partial charge in [-0.15, -0.1) is 11.3 Å². The molecule has 0 saturated heterocycles. The van der Waals surface area contributed by atoms with E-state index in [0.29, 0.717) is 13.0 Å². The van der Waals surface area contributed by atoms with Crippen molar-refractivity contribution in [2.24, 2.45) is 0 Å². The van der Waals surface area contributed by atoms with Crippen LogP contribution in [0, 0.1) is 6.92 Å². The van der Waals surface area contributed by atoms with Crippen LogP contribution in [-0.4, -0.2) is 23.3 Å². The molecule has 2 amide bonds. The number of carbonyl (C=O) groups is 2. The highest BCUT2D eigenvalue weighted by Gasteiger charge is 2.16. The molecule has 1 aromatic heterocycles. The third-order valence-corrected chi connectivity index (χ3v) is 5.31. The van der Waals surface area contributed by atoms with E-state index in [1.54, 1.807) is 11.3 Å². The lowest BCUT2D eigenvalue weighted by Gasteiger charge is -2.13. The van der Waals surface area contributed by atoms with Crippen molar-refractivity contribution in [3.8, 4) is 10.6 Å². The molecule has 0 spiro atoms. The average Bonchev–Trinajstić information content (AvgIpc) is 3.18. The quantitative estimate of drug-likeness (QED) is 0.628. The summed E-state index contributed by atoms with van der Waals surface area (Å²) in [5.41, 5.74) is 4.15. The fraction of sp³-hybridized carbons (Fsp3) is 0.227. The van der Waals surface area contributed by atoms with Crippen molar-refractivity contribution >= 4 is 23.2 Å². The number of hydrogen-bond donors (Lipinski definition) is 2. The molecule has 2 aromatic carbocycles. The maximum absolute atomic E-state index is 12.0. The molecule has 1 atom stereocenters. The standard InChI is InChI=1S/C22H23N3O2S/c1-15-8-10-18(11-9-15)22-25-19(14-28-22)12-13-23-20(26)21(27)24-16(2)17-6-4-3-5-7-17/h3-11,14,16H,12-13H2,1-2H3,(H,23,26)(H,24,27). The summed E-state index contributed by atoms with van der Waals surface area (Å²) >= 11 is 1.58. The van der Waals surface area contributed by atoms with Gasteiger partial charge in [0.05, 0.1) is 11.7 Å². The molecule has 3 rings (SSSR count). The maximum atomic E-state index is 12.0. The number of hydrogen-bond acceptors (Lipinski definition) is 4. The molecule has 3 aromatic rings. The predicted octanol–water partition coefficient (Wildman–Crippen LogP) is 3.65. The first-order chi connectivity index (χ1) is 13.5. The van der Waals surface area contributed by atoms with Gasteiger partial charge in [-0.25, -0.2) is 4.98 Å². The number of rotatable bonds is 6. The molecule has 28 heavy (non-hydrogen) atoms. The zero-order chi connectivity index (χ0) is 19.9. The van der Waals surface area contributed by atoms with E-state index in [1.807, 2.05) is 42.6 Å². The topological polar surface area (TPSA) is 71.1 Å². The van der Waals surface area contributed by atoms with E-state index in [0.717, 1.165) is 21.8 Å². The van der Waals surface area contributed by atoms with Crippen LogP contribution >= 0.6 is 11.3 Å². The Kier molecular flexibility index (Phi) is 6.55. The summed E-state index contributed by atoms with van der Waals surface area (Å²) in [4.78, 5) is 28.7. The van der Waals surface area contributed by atoms with Crippen LogP contribution in [0.2, 0.25) is 0 Å². The van der Waals surface area contributed by atoms with E-state index < -0.39 is 11.8 Å². The van der Waals surface area contributed by atoms with Gasteiger partial charge in [-0.2, -0.15) is 0 Å². The minimum atomic E-state index is -0.630. The van der Waals surface area contributed by atoms with Gasteiger partial charge in [0, 0.05) is 23.9 Å². The first-order valence-corrected chi connectivity index (χ1v) is 10.1. The van der Waals surface area contributed by atoms with Gasteiger partial charge in [-0.3, -0.25) is 9.59 Å². The van der Waals surface area contributed by atoms with Crippen LogP contribution in [0.5, 0.6) is 0 Å². The second-order valence-corrected chi connectivity index (χ2v) is 7.48. The molecule has 0 saturated carbocycles. The van der Waals surface area contributed by atoms with Crippen molar-refractivity contribution in [2.75, 3.05) is 6.54 Å². The number of aromatic nitrogens is 1. The fourth-order valence-corrected chi connectivity index (χ4v) is 3.58. The SMILES string of the molecule is Cc1ccc(-c2nc(CCNC(=O)C(=O)NC(C)c3ccccc3)cs2)cc1. The largest absolute Gasteiger partial charge is 0.347 e. The normalized spacial score (nSPS) is 11.6. The molecule has 0 aliphatic carbocycles. The Morgan fingerprint density at radius 2 is 1.75 bits per heavy atom. The molecule has 0 bridgehead atoms. The van der Waals surface area contributed by atoms with E-state index >= 15 is 0 Å². The smallest absolute Gasteiger partial charge is 0.309 e. The minimum absolute atomic E-state index is 0.227. The molecule has 0 aliphatic heterocycles. The highest BCUT2D eigenvalue weighted by Crippen LogP contribution is 2.24. The van der Waals surface area contributed by atoms with E-state index in [-0.39, 0.29) is 6.04 Å². The van der Waals surface area contributed by atoms with Crippen LogP contribution in [-0.2, 0) is 16.0 Å². The van der Waals surface area contributed by atoms with Gasteiger partial charge in [-0.05, 0) is 19.4 Å². The average molecular weight is 394 g/mol.